The van der Waals surface area contributed by atoms with E-state index in [0.717, 1.165) is 0 Å². The molecule has 3 N–H and O–H groups in total. The van der Waals surface area contributed by atoms with E-state index < -0.39 is 5.97 Å². The van der Waals surface area contributed by atoms with Crippen LogP contribution in [0.4, 0.5) is 17.5 Å². The van der Waals surface area contributed by atoms with E-state index in [1.165, 1.54) is 23.5 Å². The van der Waals surface area contributed by atoms with E-state index in [-0.39, 0.29) is 18.3 Å². The number of carbonyl (C=O) groups excluding carboxylic acids is 1. The zero-order valence-corrected chi connectivity index (χ0v) is 14.1. The van der Waals surface area contributed by atoms with Crippen LogP contribution in [0.5, 0.6) is 0 Å². The first kappa shape index (κ1) is 18.1. The molecule has 9 heteroatoms. The molecule has 0 aliphatic carbocycles. The fourth-order valence-corrected chi connectivity index (χ4v) is 2.18. The Morgan fingerprint density at radius 1 is 1.20 bits per heavy atom. The van der Waals surface area contributed by atoms with Crippen LogP contribution in [0.3, 0.4) is 0 Å². The van der Waals surface area contributed by atoms with Crippen LogP contribution in [0.15, 0.2) is 30.7 Å². The highest BCUT2D eigenvalue weighted by molar-refractivity contribution is 6.07. The topological polar surface area (TPSA) is 120 Å². The number of carboxylic acids is 1. The van der Waals surface area contributed by atoms with Crippen molar-refractivity contribution in [2.24, 2.45) is 0 Å². The molecular formula is C16H20N6O3. The molecular weight excluding hydrogens is 324 g/mol. The number of hydrogen-bond donors (Lipinski definition) is 3. The molecule has 9 nitrogen and oxygen atoms in total. The lowest BCUT2D eigenvalue weighted by Gasteiger charge is -2.23. The van der Waals surface area contributed by atoms with Crippen molar-refractivity contribution < 1.29 is 14.7 Å². The van der Waals surface area contributed by atoms with Gasteiger partial charge in [0.2, 0.25) is 5.95 Å². The third kappa shape index (κ3) is 4.63. The monoisotopic (exact) mass is 344 g/mol. The first-order valence-electron chi connectivity index (χ1n) is 7.85. The van der Waals surface area contributed by atoms with Crippen LogP contribution in [0.1, 0.15) is 24.2 Å². The predicted molar refractivity (Wildman–Crippen MR) is 93.9 cm³/mol. The van der Waals surface area contributed by atoms with Crippen LogP contribution in [-0.4, -0.2) is 51.6 Å². The van der Waals surface area contributed by atoms with Gasteiger partial charge in [0.1, 0.15) is 12.2 Å². The maximum Gasteiger partial charge on any atom is 0.322 e. The number of amides is 1. The summed E-state index contributed by atoms with van der Waals surface area (Å²) >= 11 is 0. The van der Waals surface area contributed by atoms with Crippen molar-refractivity contribution in [1.82, 2.24) is 15.0 Å². The van der Waals surface area contributed by atoms with Crippen LogP contribution in [0.25, 0.3) is 0 Å². The minimum atomic E-state index is -1.03. The molecule has 2 rings (SSSR count). The van der Waals surface area contributed by atoms with E-state index in [2.05, 4.69) is 25.6 Å². The van der Waals surface area contributed by atoms with Crippen LogP contribution in [-0.2, 0) is 4.79 Å². The second kappa shape index (κ2) is 8.57. The van der Waals surface area contributed by atoms with E-state index in [0.29, 0.717) is 30.3 Å². The molecule has 2 aromatic heterocycles. The number of pyridine rings is 1. The van der Waals surface area contributed by atoms with E-state index in [1.807, 2.05) is 13.8 Å². The Kier molecular flexibility index (Phi) is 6.21. The average Bonchev–Trinajstić information content (AvgIpc) is 2.62. The Labute approximate surface area is 145 Å². The minimum absolute atomic E-state index is 0.247. The number of anilines is 3. The van der Waals surface area contributed by atoms with Crippen LogP contribution in [0.2, 0.25) is 0 Å². The van der Waals surface area contributed by atoms with Gasteiger partial charge >= 0.3 is 5.97 Å². The summed E-state index contributed by atoms with van der Waals surface area (Å²) < 4.78 is 0. The van der Waals surface area contributed by atoms with Gasteiger partial charge in [0.25, 0.3) is 5.91 Å². The zero-order valence-electron chi connectivity index (χ0n) is 14.1. The van der Waals surface area contributed by atoms with Crippen molar-refractivity contribution in [3.63, 3.8) is 0 Å². The van der Waals surface area contributed by atoms with Crippen molar-refractivity contribution in [3.05, 3.63) is 36.3 Å². The standard InChI is InChI=1S/C16H20N6O3/c1-3-18-16-20-9-12(14(21-16)19-10-13(23)24)22(4-2)15(25)11-5-7-17-8-6-11/h5-9H,3-4,10H2,1-2H3,(H,23,24)(H2,18,19,20,21). The number of nitrogens with one attached hydrogen (secondary N) is 2. The van der Waals surface area contributed by atoms with Crippen molar-refractivity contribution in [2.75, 3.05) is 35.2 Å². The van der Waals surface area contributed by atoms with Crippen LogP contribution < -0.4 is 15.5 Å². The lowest BCUT2D eigenvalue weighted by atomic mass is 10.2. The number of carbonyl (C=O) groups is 2. The molecule has 132 valence electrons. The quantitative estimate of drug-likeness (QED) is 0.658. The second-order valence-corrected chi connectivity index (χ2v) is 4.99. The first-order chi connectivity index (χ1) is 12.1. The number of nitrogens with zero attached hydrogens (tertiary/aromatic N) is 4. The highest BCUT2D eigenvalue weighted by Crippen LogP contribution is 2.25. The summed E-state index contributed by atoms with van der Waals surface area (Å²) in [6.45, 7) is 4.37. The highest BCUT2D eigenvalue weighted by Gasteiger charge is 2.21. The molecule has 25 heavy (non-hydrogen) atoms. The van der Waals surface area contributed by atoms with Gasteiger partial charge in [0.05, 0.1) is 6.20 Å². The van der Waals surface area contributed by atoms with Gasteiger partial charge in [-0.3, -0.25) is 14.6 Å². The molecule has 0 spiro atoms. The van der Waals surface area contributed by atoms with E-state index in [4.69, 9.17) is 5.11 Å². The minimum Gasteiger partial charge on any atom is -0.480 e. The largest absolute Gasteiger partial charge is 0.480 e. The smallest absolute Gasteiger partial charge is 0.322 e. The third-order valence-corrected chi connectivity index (χ3v) is 3.29. The predicted octanol–water partition coefficient (Wildman–Crippen LogP) is 1.47. The van der Waals surface area contributed by atoms with Gasteiger partial charge < -0.3 is 20.6 Å². The molecule has 0 aliphatic heterocycles. The molecule has 1 amide bonds. The molecule has 0 fully saturated rings. The van der Waals surface area contributed by atoms with E-state index in [9.17, 15) is 9.59 Å². The lowest BCUT2D eigenvalue weighted by molar-refractivity contribution is -0.134. The lowest BCUT2D eigenvalue weighted by Crippen LogP contribution is -2.32. The SMILES string of the molecule is CCNc1ncc(N(CC)C(=O)c2ccncc2)c(NCC(=O)O)n1. The Morgan fingerprint density at radius 3 is 2.52 bits per heavy atom. The van der Waals surface area contributed by atoms with E-state index in [1.54, 1.807) is 12.1 Å². The summed E-state index contributed by atoms with van der Waals surface area (Å²) in [4.78, 5) is 37.5. The molecule has 0 radical (unpaired) electrons. The molecule has 2 aromatic rings. The molecule has 0 atom stereocenters. The maximum atomic E-state index is 12.8. The molecule has 2 heterocycles. The van der Waals surface area contributed by atoms with Gasteiger partial charge in [0.15, 0.2) is 5.82 Å². The number of aromatic nitrogens is 3. The molecule has 0 bridgehead atoms. The number of hydrogen-bond acceptors (Lipinski definition) is 7. The number of carboxylic acid groups (broad SMARTS) is 1. The molecule has 0 saturated carbocycles. The molecule has 0 aromatic carbocycles. The Hall–Kier alpha value is -3.23. The fourth-order valence-electron chi connectivity index (χ4n) is 2.18. The molecule has 0 aliphatic rings. The Morgan fingerprint density at radius 2 is 1.92 bits per heavy atom. The summed E-state index contributed by atoms with van der Waals surface area (Å²) in [5, 5.41) is 14.6. The maximum absolute atomic E-state index is 12.8. The van der Waals surface area contributed by atoms with Gasteiger partial charge in [-0.05, 0) is 26.0 Å². The van der Waals surface area contributed by atoms with Gasteiger partial charge in [-0.2, -0.15) is 4.98 Å². The summed E-state index contributed by atoms with van der Waals surface area (Å²) in [6.07, 6.45) is 4.57. The van der Waals surface area contributed by atoms with Gasteiger partial charge in [-0.25, -0.2) is 4.98 Å². The zero-order chi connectivity index (χ0) is 18.2. The summed E-state index contributed by atoms with van der Waals surface area (Å²) in [7, 11) is 0. The summed E-state index contributed by atoms with van der Waals surface area (Å²) in [5.41, 5.74) is 0.879. The normalized spacial score (nSPS) is 10.2. The molecule has 0 saturated heterocycles. The van der Waals surface area contributed by atoms with Crippen molar-refractivity contribution in [1.29, 1.82) is 0 Å². The van der Waals surface area contributed by atoms with Crippen LogP contribution >= 0.6 is 0 Å². The second-order valence-electron chi connectivity index (χ2n) is 4.99. The fraction of sp³-hybridized carbons (Fsp3) is 0.312. The molecule has 0 unspecified atom stereocenters. The number of rotatable bonds is 8. The van der Waals surface area contributed by atoms with Crippen LogP contribution in [0, 0.1) is 0 Å². The van der Waals surface area contributed by atoms with E-state index >= 15 is 0 Å². The van der Waals surface area contributed by atoms with Crippen molar-refractivity contribution >= 4 is 29.3 Å². The van der Waals surface area contributed by atoms with Gasteiger partial charge in [0, 0.05) is 31.0 Å². The van der Waals surface area contributed by atoms with Gasteiger partial charge in [-0.1, -0.05) is 0 Å². The third-order valence-electron chi connectivity index (χ3n) is 3.29. The van der Waals surface area contributed by atoms with Crippen molar-refractivity contribution in [3.8, 4) is 0 Å². The van der Waals surface area contributed by atoms with Gasteiger partial charge in [-0.15, -0.1) is 0 Å². The average molecular weight is 344 g/mol. The first-order valence-corrected chi connectivity index (χ1v) is 7.85. The Balaban J connectivity index is 2.39. The summed E-state index contributed by atoms with van der Waals surface area (Å²) in [6, 6.07) is 3.23. The number of aliphatic carboxylic acids is 1. The Bertz CT molecular complexity index is 738. The van der Waals surface area contributed by atoms with Crippen molar-refractivity contribution in [2.45, 2.75) is 13.8 Å². The highest BCUT2D eigenvalue weighted by atomic mass is 16.4. The summed E-state index contributed by atoms with van der Waals surface area (Å²) in [5.74, 6) is -0.648.